The molecule has 0 atom stereocenters. The van der Waals surface area contributed by atoms with Crippen LogP contribution in [0.3, 0.4) is 0 Å². The van der Waals surface area contributed by atoms with Gasteiger partial charge in [0.2, 0.25) is 0 Å². The Morgan fingerprint density at radius 1 is 1.27 bits per heavy atom. The Morgan fingerprint density at radius 3 is 2.40 bits per heavy atom. The highest BCUT2D eigenvalue weighted by atomic mass is 15.0. The lowest BCUT2D eigenvalue weighted by Crippen LogP contribution is -2.28. The second kappa shape index (κ2) is 4.34. The van der Waals surface area contributed by atoms with Gasteiger partial charge < -0.3 is 11.5 Å². The van der Waals surface area contributed by atoms with Gasteiger partial charge in [-0.05, 0) is 18.1 Å². The predicted octanol–water partition coefficient (Wildman–Crippen LogP) is 1.55. The minimum atomic E-state index is -0.0324. The number of aryl methyl sites for hydroxylation is 1. The van der Waals surface area contributed by atoms with E-state index in [2.05, 4.69) is 37.9 Å². The van der Waals surface area contributed by atoms with E-state index in [-0.39, 0.29) is 11.4 Å². The van der Waals surface area contributed by atoms with Crippen molar-refractivity contribution < 1.29 is 0 Å². The van der Waals surface area contributed by atoms with Gasteiger partial charge in [-0.1, -0.05) is 38.1 Å². The standard InChI is InChI=1S/C12H19N3/c1-9-6-4-5-7-10(9)12(2,3)8-15-11(13)14/h4-7H,8H2,1-3H3,(H4,13,14,15). The molecule has 0 heterocycles. The predicted molar refractivity (Wildman–Crippen MR) is 64.9 cm³/mol. The van der Waals surface area contributed by atoms with Gasteiger partial charge in [-0.3, -0.25) is 4.99 Å². The van der Waals surface area contributed by atoms with Crippen molar-refractivity contribution in [1.29, 1.82) is 0 Å². The van der Waals surface area contributed by atoms with E-state index >= 15 is 0 Å². The van der Waals surface area contributed by atoms with Crippen LogP contribution in [0, 0.1) is 6.92 Å². The number of hydrogen-bond donors (Lipinski definition) is 2. The Balaban J connectivity index is 2.95. The maximum absolute atomic E-state index is 5.34. The summed E-state index contributed by atoms with van der Waals surface area (Å²) >= 11 is 0. The highest BCUT2D eigenvalue weighted by Crippen LogP contribution is 2.26. The van der Waals surface area contributed by atoms with E-state index in [0.29, 0.717) is 6.54 Å². The van der Waals surface area contributed by atoms with Crippen LogP contribution in [0.5, 0.6) is 0 Å². The van der Waals surface area contributed by atoms with Crippen molar-refractivity contribution in [2.24, 2.45) is 16.5 Å². The summed E-state index contributed by atoms with van der Waals surface area (Å²) in [7, 11) is 0. The van der Waals surface area contributed by atoms with Crippen LogP contribution in [0.25, 0.3) is 0 Å². The average Bonchev–Trinajstić information content (AvgIpc) is 2.15. The Bertz CT molecular complexity index is 363. The summed E-state index contributed by atoms with van der Waals surface area (Å²) in [5, 5.41) is 0. The van der Waals surface area contributed by atoms with E-state index < -0.39 is 0 Å². The molecule has 4 N–H and O–H groups in total. The molecule has 0 saturated heterocycles. The maximum atomic E-state index is 5.34. The normalized spacial score (nSPS) is 11.1. The van der Waals surface area contributed by atoms with Crippen molar-refractivity contribution in [1.82, 2.24) is 0 Å². The summed E-state index contributed by atoms with van der Waals surface area (Å²) in [6, 6.07) is 8.30. The molecular weight excluding hydrogens is 186 g/mol. The van der Waals surface area contributed by atoms with Crippen LogP contribution >= 0.6 is 0 Å². The first kappa shape index (κ1) is 11.6. The molecule has 0 aliphatic carbocycles. The van der Waals surface area contributed by atoms with Crippen molar-refractivity contribution in [2.75, 3.05) is 6.54 Å². The first-order valence-electron chi connectivity index (χ1n) is 5.05. The van der Waals surface area contributed by atoms with Crippen molar-refractivity contribution in [2.45, 2.75) is 26.2 Å². The van der Waals surface area contributed by atoms with Crippen LogP contribution in [-0.4, -0.2) is 12.5 Å². The zero-order chi connectivity index (χ0) is 11.5. The lowest BCUT2D eigenvalue weighted by atomic mass is 9.82. The van der Waals surface area contributed by atoms with Crippen LogP contribution in [0.4, 0.5) is 0 Å². The van der Waals surface area contributed by atoms with Gasteiger partial charge in [0, 0.05) is 5.41 Å². The molecule has 0 radical (unpaired) electrons. The fourth-order valence-corrected chi connectivity index (χ4v) is 1.71. The highest BCUT2D eigenvalue weighted by Gasteiger charge is 2.21. The average molecular weight is 205 g/mol. The number of nitrogens with zero attached hydrogens (tertiary/aromatic N) is 1. The summed E-state index contributed by atoms with van der Waals surface area (Å²) in [4.78, 5) is 4.09. The molecule has 1 aromatic rings. The Kier molecular flexibility index (Phi) is 3.35. The molecule has 1 aromatic carbocycles. The molecule has 0 saturated carbocycles. The first-order valence-corrected chi connectivity index (χ1v) is 5.05. The monoisotopic (exact) mass is 205 g/mol. The molecule has 3 nitrogen and oxygen atoms in total. The number of nitrogens with two attached hydrogens (primary N) is 2. The van der Waals surface area contributed by atoms with Gasteiger partial charge in [-0.15, -0.1) is 0 Å². The van der Waals surface area contributed by atoms with Gasteiger partial charge in [-0.2, -0.15) is 0 Å². The van der Waals surface area contributed by atoms with Gasteiger partial charge >= 0.3 is 0 Å². The second-order valence-corrected chi connectivity index (χ2v) is 4.44. The van der Waals surface area contributed by atoms with Crippen LogP contribution in [0.1, 0.15) is 25.0 Å². The SMILES string of the molecule is Cc1ccccc1C(C)(C)CN=C(N)N. The minimum absolute atomic E-state index is 0.0324. The molecule has 82 valence electrons. The van der Waals surface area contributed by atoms with Crippen LogP contribution in [0.15, 0.2) is 29.3 Å². The Labute approximate surface area is 91.2 Å². The highest BCUT2D eigenvalue weighted by molar-refractivity contribution is 5.75. The van der Waals surface area contributed by atoms with Crippen molar-refractivity contribution in [3.05, 3.63) is 35.4 Å². The third-order valence-electron chi connectivity index (χ3n) is 2.53. The van der Waals surface area contributed by atoms with Gasteiger partial charge in [0.25, 0.3) is 0 Å². The molecular formula is C12H19N3. The van der Waals surface area contributed by atoms with E-state index in [1.807, 2.05) is 12.1 Å². The van der Waals surface area contributed by atoms with Crippen LogP contribution in [0.2, 0.25) is 0 Å². The molecule has 0 unspecified atom stereocenters. The molecule has 0 spiro atoms. The maximum Gasteiger partial charge on any atom is 0.185 e. The van der Waals surface area contributed by atoms with Crippen molar-refractivity contribution >= 4 is 5.96 Å². The third-order valence-corrected chi connectivity index (χ3v) is 2.53. The van der Waals surface area contributed by atoms with E-state index in [4.69, 9.17) is 11.5 Å². The Hall–Kier alpha value is -1.51. The molecule has 0 aliphatic rings. The number of guanidine groups is 1. The topological polar surface area (TPSA) is 64.4 Å². The minimum Gasteiger partial charge on any atom is -0.370 e. The zero-order valence-corrected chi connectivity index (χ0v) is 9.62. The zero-order valence-electron chi connectivity index (χ0n) is 9.62. The summed E-state index contributed by atoms with van der Waals surface area (Å²) in [5.74, 6) is 0.150. The summed E-state index contributed by atoms with van der Waals surface area (Å²) in [6.07, 6.45) is 0. The van der Waals surface area contributed by atoms with Crippen molar-refractivity contribution in [3.8, 4) is 0 Å². The molecule has 1 rings (SSSR count). The lowest BCUT2D eigenvalue weighted by Gasteiger charge is -2.25. The van der Waals surface area contributed by atoms with E-state index in [1.165, 1.54) is 11.1 Å². The van der Waals surface area contributed by atoms with Gasteiger partial charge in [-0.25, -0.2) is 0 Å². The summed E-state index contributed by atoms with van der Waals surface area (Å²) < 4.78 is 0. The van der Waals surface area contributed by atoms with Crippen LogP contribution < -0.4 is 11.5 Å². The van der Waals surface area contributed by atoms with Gasteiger partial charge in [0.1, 0.15) is 0 Å². The summed E-state index contributed by atoms with van der Waals surface area (Å²) in [5.41, 5.74) is 13.2. The van der Waals surface area contributed by atoms with E-state index in [9.17, 15) is 0 Å². The fourth-order valence-electron chi connectivity index (χ4n) is 1.71. The molecule has 0 aliphatic heterocycles. The number of benzene rings is 1. The second-order valence-electron chi connectivity index (χ2n) is 4.44. The largest absolute Gasteiger partial charge is 0.370 e. The van der Waals surface area contributed by atoms with E-state index in [1.54, 1.807) is 0 Å². The first-order chi connectivity index (χ1) is 6.93. The van der Waals surface area contributed by atoms with Crippen LogP contribution in [-0.2, 0) is 5.41 Å². The number of hydrogen-bond acceptors (Lipinski definition) is 1. The van der Waals surface area contributed by atoms with Gasteiger partial charge in [0.05, 0.1) is 6.54 Å². The quantitative estimate of drug-likeness (QED) is 0.581. The Morgan fingerprint density at radius 2 is 1.87 bits per heavy atom. The molecule has 0 bridgehead atoms. The molecule has 3 heteroatoms. The lowest BCUT2D eigenvalue weighted by molar-refractivity contribution is 0.536. The molecule has 0 fully saturated rings. The molecule has 15 heavy (non-hydrogen) atoms. The number of rotatable bonds is 3. The number of aliphatic imine (C=N–C) groups is 1. The van der Waals surface area contributed by atoms with E-state index in [0.717, 1.165) is 0 Å². The van der Waals surface area contributed by atoms with Gasteiger partial charge in [0.15, 0.2) is 5.96 Å². The molecule has 0 aromatic heterocycles. The van der Waals surface area contributed by atoms with Crippen molar-refractivity contribution in [3.63, 3.8) is 0 Å². The summed E-state index contributed by atoms with van der Waals surface area (Å²) in [6.45, 7) is 7.00. The third kappa shape index (κ3) is 2.98. The fraction of sp³-hybridized carbons (Fsp3) is 0.417. The molecule has 0 amide bonds. The smallest absolute Gasteiger partial charge is 0.185 e.